The van der Waals surface area contributed by atoms with Crippen molar-refractivity contribution < 1.29 is 0 Å². The molecule has 1 rings (SSSR count). The number of hydrogen-bond donors (Lipinski definition) is 0. The molecule has 1 nitrogen and oxygen atoms in total. The number of nitrogens with zero attached hydrogens (tertiary/aromatic N) is 1. The average Bonchev–Trinajstić information content (AvgIpc) is 2.16. The molecule has 1 aromatic rings. The van der Waals surface area contributed by atoms with Crippen molar-refractivity contribution in [2.45, 2.75) is 27.2 Å². The van der Waals surface area contributed by atoms with Gasteiger partial charge in [0.1, 0.15) is 0 Å². The van der Waals surface area contributed by atoms with Crippen LogP contribution in [0.25, 0.3) is 0 Å². The third-order valence-electron chi connectivity index (χ3n) is 2.80. The molecule has 0 fully saturated rings. The fourth-order valence-corrected chi connectivity index (χ4v) is 1.60. The maximum absolute atomic E-state index is 2.35. The fourth-order valence-electron chi connectivity index (χ4n) is 1.60. The minimum atomic E-state index is 1.13. The monoisotopic (exact) mass is 191 g/mol. The molecule has 0 N–H and O–H groups in total. The predicted molar refractivity (Wildman–Crippen MR) is 62.8 cm³/mol. The third kappa shape index (κ3) is 3.15. The van der Waals surface area contributed by atoms with E-state index in [1.54, 1.807) is 0 Å². The van der Waals surface area contributed by atoms with Crippen molar-refractivity contribution in [1.29, 1.82) is 0 Å². The summed E-state index contributed by atoms with van der Waals surface area (Å²) >= 11 is 0. The van der Waals surface area contributed by atoms with Crippen LogP contribution in [-0.4, -0.2) is 25.0 Å². The highest BCUT2D eigenvalue weighted by Gasteiger charge is 2.00. The standard InChI is InChI=1S/C13H21N/c1-5-14(4)9-8-13-7-6-11(2)10-12(13)3/h6-7,10H,5,8-9H2,1-4H3. The van der Waals surface area contributed by atoms with Crippen molar-refractivity contribution in [3.05, 3.63) is 34.9 Å². The summed E-state index contributed by atoms with van der Waals surface area (Å²) in [7, 11) is 2.17. The van der Waals surface area contributed by atoms with E-state index in [-0.39, 0.29) is 0 Å². The van der Waals surface area contributed by atoms with Crippen LogP contribution in [-0.2, 0) is 6.42 Å². The van der Waals surface area contributed by atoms with Crippen LogP contribution in [0.1, 0.15) is 23.6 Å². The molecule has 0 saturated carbocycles. The predicted octanol–water partition coefficient (Wildman–Crippen LogP) is 2.80. The van der Waals surface area contributed by atoms with Gasteiger partial charge in [-0.05, 0) is 45.0 Å². The van der Waals surface area contributed by atoms with Crippen LogP contribution in [0.4, 0.5) is 0 Å². The normalized spacial score (nSPS) is 10.9. The van der Waals surface area contributed by atoms with Crippen LogP contribution >= 0.6 is 0 Å². The lowest BCUT2D eigenvalue weighted by atomic mass is 10.0. The van der Waals surface area contributed by atoms with Crippen molar-refractivity contribution in [2.75, 3.05) is 20.1 Å². The van der Waals surface area contributed by atoms with Crippen molar-refractivity contribution >= 4 is 0 Å². The number of likely N-dealkylation sites (N-methyl/N-ethyl adjacent to an activating group) is 1. The van der Waals surface area contributed by atoms with Crippen LogP contribution in [0.5, 0.6) is 0 Å². The van der Waals surface area contributed by atoms with Crippen LogP contribution < -0.4 is 0 Å². The van der Waals surface area contributed by atoms with Gasteiger partial charge in [0.05, 0.1) is 0 Å². The molecule has 0 amide bonds. The van der Waals surface area contributed by atoms with E-state index >= 15 is 0 Å². The molecule has 1 heteroatoms. The Morgan fingerprint density at radius 3 is 2.50 bits per heavy atom. The van der Waals surface area contributed by atoms with E-state index in [4.69, 9.17) is 0 Å². The van der Waals surface area contributed by atoms with Gasteiger partial charge in [0.2, 0.25) is 0 Å². The first-order chi connectivity index (χ1) is 6.63. The summed E-state index contributed by atoms with van der Waals surface area (Å²) in [5.41, 5.74) is 4.26. The summed E-state index contributed by atoms with van der Waals surface area (Å²) < 4.78 is 0. The molecule has 0 radical (unpaired) electrons. The molecule has 0 aliphatic rings. The van der Waals surface area contributed by atoms with E-state index in [9.17, 15) is 0 Å². The number of aryl methyl sites for hydroxylation is 2. The molecule has 0 atom stereocenters. The van der Waals surface area contributed by atoms with Gasteiger partial charge in [-0.3, -0.25) is 0 Å². The van der Waals surface area contributed by atoms with Crippen molar-refractivity contribution in [3.63, 3.8) is 0 Å². The number of rotatable bonds is 4. The average molecular weight is 191 g/mol. The van der Waals surface area contributed by atoms with E-state index in [0.29, 0.717) is 0 Å². The summed E-state index contributed by atoms with van der Waals surface area (Å²) in [5.74, 6) is 0. The van der Waals surface area contributed by atoms with Gasteiger partial charge in [0, 0.05) is 6.54 Å². The van der Waals surface area contributed by atoms with Crippen molar-refractivity contribution in [3.8, 4) is 0 Å². The Balaban J connectivity index is 2.59. The summed E-state index contributed by atoms with van der Waals surface area (Å²) in [4.78, 5) is 2.35. The van der Waals surface area contributed by atoms with E-state index in [1.807, 2.05) is 0 Å². The van der Waals surface area contributed by atoms with E-state index in [2.05, 4.69) is 50.9 Å². The van der Waals surface area contributed by atoms with Crippen LogP contribution in [0.3, 0.4) is 0 Å². The molecule has 0 saturated heterocycles. The highest BCUT2D eigenvalue weighted by Crippen LogP contribution is 2.11. The van der Waals surface area contributed by atoms with Gasteiger partial charge < -0.3 is 4.90 Å². The molecule has 1 aromatic carbocycles. The zero-order valence-electron chi connectivity index (χ0n) is 9.80. The second-order valence-electron chi connectivity index (χ2n) is 4.08. The van der Waals surface area contributed by atoms with Gasteiger partial charge >= 0.3 is 0 Å². The second-order valence-corrected chi connectivity index (χ2v) is 4.08. The van der Waals surface area contributed by atoms with Gasteiger partial charge in [-0.1, -0.05) is 30.7 Å². The molecule has 0 aromatic heterocycles. The molecule has 78 valence electrons. The highest BCUT2D eigenvalue weighted by molar-refractivity contribution is 5.30. The lowest BCUT2D eigenvalue weighted by Crippen LogP contribution is -2.20. The molecule has 0 heterocycles. The zero-order chi connectivity index (χ0) is 10.6. The Bertz CT molecular complexity index is 291. The van der Waals surface area contributed by atoms with Crippen LogP contribution in [0, 0.1) is 13.8 Å². The summed E-state index contributed by atoms with van der Waals surface area (Å²) in [5, 5.41) is 0. The van der Waals surface area contributed by atoms with E-state index in [1.165, 1.54) is 16.7 Å². The van der Waals surface area contributed by atoms with Gasteiger partial charge in [0.25, 0.3) is 0 Å². The lowest BCUT2D eigenvalue weighted by molar-refractivity contribution is 0.357. The Morgan fingerprint density at radius 2 is 1.93 bits per heavy atom. The molecule has 0 spiro atoms. The molecule has 0 bridgehead atoms. The summed E-state index contributed by atoms with van der Waals surface area (Å²) in [6.45, 7) is 8.83. The summed E-state index contributed by atoms with van der Waals surface area (Å²) in [6.07, 6.45) is 1.16. The smallest absolute Gasteiger partial charge is 0.00188 e. The maximum atomic E-state index is 2.35. The maximum Gasteiger partial charge on any atom is 0.00188 e. The van der Waals surface area contributed by atoms with Crippen molar-refractivity contribution in [1.82, 2.24) is 4.90 Å². The first kappa shape index (κ1) is 11.3. The Morgan fingerprint density at radius 1 is 1.21 bits per heavy atom. The van der Waals surface area contributed by atoms with Gasteiger partial charge in [0.15, 0.2) is 0 Å². The molecule has 0 unspecified atom stereocenters. The zero-order valence-corrected chi connectivity index (χ0v) is 9.80. The van der Waals surface area contributed by atoms with Crippen LogP contribution in [0.15, 0.2) is 18.2 Å². The number of hydrogen-bond acceptors (Lipinski definition) is 1. The topological polar surface area (TPSA) is 3.24 Å². The highest BCUT2D eigenvalue weighted by atomic mass is 15.1. The first-order valence-corrected chi connectivity index (χ1v) is 5.38. The SMILES string of the molecule is CCN(C)CCc1ccc(C)cc1C. The van der Waals surface area contributed by atoms with E-state index < -0.39 is 0 Å². The quantitative estimate of drug-likeness (QED) is 0.707. The van der Waals surface area contributed by atoms with Gasteiger partial charge in [-0.25, -0.2) is 0 Å². The molecular weight excluding hydrogens is 170 g/mol. The number of benzene rings is 1. The first-order valence-electron chi connectivity index (χ1n) is 5.38. The molecule has 0 aliphatic carbocycles. The van der Waals surface area contributed by atoms with Crippen LogP contribution in [0.2, 0.25) is 0 Å². The third-order valence-corrected chi connectivity index (χ3v) is 2.80. The van der Waals surface area contributed by atoms with Gasteiger partial charge in [-0.15, -0.1) is 0 Å². The Labute approximate surface area is 87.7 Å². The van der Waals surface area contributed by atoms with Gasteiger partial charge in [-0.2, -0.15) is 0 Å². The Hall–Kier alpha value is -0.820. The van der Waals surface area contributed by atoms with E-state index in [0.717, 1.165) is 19.5 Å². The lowest BCUT2D eigenvalue weighted by Gasteiger charge is -2.14. The molecular formula is C13H21N. The van der Waals surface area contributed by atoms with Crippen molar-refractivity contribution in [2.24, 2.45) is 0 Å². The Kier molecular flexibility index (Phi) is 4.15. The molecule has 14 heavy (non-hydrogen) atoms. The minimum absolute atomic E-state index is 1.13. The largest absolute Gasteiger partial charge is 0.306 e. The second kappa shape index (κ2) is 5.16. The summed E-state index contributed by atoms with van der Waals surface area (Å²) in [6, 6.07) is 6.73. The minimum Gasteiger partial charge on any atom is -0.306 e. The molecule has 0 aliphatic heterocycles. The fraction of sp³-hybridized carbons (Fsp3) is 0.538.